The maximum atomic E-state index is 13.2. The Labute approximate surface area is 129 Å². The van der Waals surface area contributed by atoms with Crippen LogP contribution in [0.15, 0.2) is 48.5 Å². The summed E-state index contributed by atoms with van der Waals surface area (Å²) >= 11 is 0. The van der Waals surface area contributed by atoms with Gasteiger partial charge >= 0.3 is 0 Å². The van der Waals surface area contributed by atoms with Crippen molar-refractivity contribution in [3.8, 4) is 0 Å². The number of para-hydroxylation sites is 2. The van der Waals surface area contributed by atoms with Crippen molar-refractivity contribution in [1.82, 2.24) is 15.3 Å². The van der Waals surface area contributed by atoms with Gasteiger partial charge in [0.05, 0.1) is 11.0 Å². The zero-order chi connectivity index (χ0) is 15.4. The van der Waals surface area contributed by atoms with E-state index in [9.17, 15) is 4.39 Å². The van der Waals surface area contributed by atoms with E-state index >= 15 is 0 Å². The quantitative estimate of drug-likeness (QED) is 0.731. The molecule has 0 saturated carbocycles. The molecule has 1 aromatic heterocycles. The first-order valence-electron chi connectivity index (χ1n) is 7.62. The number of imidazole rings is 1. The highest BCUT2D eigenvalue weighted by atomic mass is 19.1. The monoisotopic (exact) mass is 297 g/mol. The molecule has 2 aromatic carbocycles. The van der Waals surface area contributed by atoms with E-state index in [-0.39, 0.29) is 5.82 Å². The number of nitrogens with zero attached hydrogens (tertiary/aromatic N) is 1. The number of hydrogen-bond acceptors (Lipinski definition) is 2. The van der Waals surface area contributed by atoms with Gasteiger partial charge in [-0.15, -0.1) is 0 Å². The predicted octanol–water partition coefficient (Wildman–Crippen LogP) is 3.47. The van der Waals surface area contributed by atoms with Gasteiger partial charge in [0.15, 0.2) is 0 Å². The van der Waals surface area contributed by atoms with Crippen molar-refractivity contribution in [1.29, 1.82) is 0 Å². The summed E-state index contributed by atoms with van der Waals surface area (Å²) in [5.41, 5.74) is 3.10. The standard InChI is InChI=1S/C18H20FN3/c1-13(11-14-5-4-6-15(19)12-14)20-10-9-18-21-16-7-2-3-8-17(16)22-18/h2-8,12-13,20H,9-11H2,1H3,(H,21,22)/t13-/m1/s1. The topological polar surface area (TPSA) is 40.7 Å². The molecule has 3 nitrogen and oxygen atoms in total. The maximum Gasteiger partial charge on any atom is 0.123 e. The summed E-state index contributed by atoms with van der Waals surface area (Å²) in [5.74, 6) is 0.818. The van der Waals surface area contributed by atoms with Crippen LogP contribution in [0.25, 0.3) is 11.0 Å². The molecule has 3 rings (SSSR count). The van der Waals surface area contributed by atoms with E-state index in [4.69, 9.17) is 0 Å². The fourth-order valence-corrected chi connectivity index (χ4v) is 2.65. The normalized spacial score (nSPS) is 12.6. The number of halogens is 1. The molecule has 22 heavy (non-hydrogen) atoms. The van der Waals surface area contributed by atoms with E-state index in [0.29, 0.717) is 6.04 Å². The number of aromatic nitrogens is 2. The van der Waals surface area contributed by atoms with Crippen LogP contribution in [0.4, 0.5) is 4.39 Å². The fraction of sp³-hybridized carbons (Fsp3) is 0.278. The van der Waals surface area contributed by atoms with Gasteiger partial charge in [0, 0.05) is 19.0 Å². The van der Waals surface area contributed by atoms with Crippen molar-refractivity contribution in [2.75, 3.05) is 6.54 Å². The summed E-state index contributed by atoms with van der Waals surface area (Å²) in [4.78, 5) is 7.89. The zero-order valence-corrected chi connectivity index (χ0v) is 12.6. The van der Waals surface area contributed by atoms with Crippen LogP contribution in [0, 0.1) is 5.82 Å². The SMILES string of the molecule is C[C@H](Cc1cccc(F)c1)NCCc1nc2ccccc2[nH]1. The van der Waals surface area contributed by atoms with Crippen LogP contribution in [0.3, 0.4) is 0 Å². The van der Waals surface area contributed by atoms with Gasteiger partial charge in [-0.25, -0.2) is 9.37 Å². The van der Waals surface area contributed by atoms with Crippen LogP contribution in [-0.2, 0) is 12.8 Å². The molecule has 0 aliphatic heterocycles. The average Bonchev–Trinajstić information content (AvgIpc) is 2.90. The van der Waals surface area contributed by atoms with Crippen molar-refractivity contribution in [3.05, 3.63) is 65.7 Å². The summed E-state index contributed by atoms with van der Waals surface area (Å²) in [6, 6.07) is 15.1. The Morgan fingerprint density at radius 2 is 2.05 bits per heavy atom. The lowest BCUT2D eigenvalue weighted by Gasteiger charge is -2.13. The highest BCUT2D eigenvalue weighted by Gasteiger charge is 2.05. The highest BCUT2D eigenvalue weighted by Crippen LogP contribution is 2.10. The Morgan fingerprint density at radius 1 is 1.18 bits per heavy atom. The third-order valence-electron chi connectivity index (χ3n) is 3.72. The molecule has 0 radical (unpaired) electrons. The molecule has 0 amide bonds. The second-order valence-corrected chi connectivity index (χ2v) is 5.64. The number of benzene rings is 2. The summed E-state index contributed by atoms with van der Waals surface area (Å²) in [6.45, 7) is 2.96. The van der Waals surface area contributed by atoms with E-state index < -0.39 is 0 Å². The maximum absolute atomic E-state index is 13.2. The Kier molecular flexibility index (Phi) is 4.49. The summed E-state index contributed by atoms with van der Waals surface area (Å²) in [6.07, 6.45) is 1.67. The minimum absolute atomic E-state index is 0.174. The third-order valence-corrected chi connectivity index (χ3v) is 3.72. The second-order valence-electron chi connectivity index (χ2n) is 5.64. The molecular weight excluding hydrogens is 277 g/mol. The number of fused-ring (bicyclic) bond motifs is 1. The first-order valence-corrected chi connectivity index (χ1v) is 7.62. The minimum atomic E-state index is -0.174. The average molecular weight is 297 g/mol. The first-order chi connectivity index (χ1) is 10.7. The molecule has 0 saturated heterocycles. The van der Waals surface area contributed by atoms with Gasteiger partial charge in [-0.3, -0.25) is 0 Å². The number of nitrogens with one attached hydrogen (secondary N) is 2. The van der Waals surface area contributed by atoms with Gasteiger partial charge in [0.25, 0.3) is 0 Å². The van der Waals surface area contributed by atoms with Gasteiger partial charge < -0.3 is 10.3 Å². The molecule has 3 aromatic rings. The predicted molar refractivity (Wildman–Crippen MR) is 87.4 cm³/mol. The lowest BCUT2D eigenvalue weighted by molar-refractivity contribution is 0.542. The van der Waals surface area contributed by atoms with Crippen LogP contribution in [-0.4, -0.2) is 22.6 Å². The molecule has 0 unspecified atom stereocenters. The molecule has 114 valence electrons. The van der Waals surface area contributed by atoms with Crippen molar-refractivity contribution < 1.29 is 4.39 Å². The van der Waals surface area contributed by atoms with Crippen molar-refractivity contribution in [2.24, 2.45) is 0 Å². The Hall–Kier alpha value is -2.20. The molecule has 0 spiro atoms. The third kappa shape index (κ3) is 3.71. The lowest BCUT2D eigenvalue weighted by atomic mass is 10.1. The molecule has 1 heterocycles. The largest absolute Gasteiger partial charge is 0.342 e. The number of rotatable bonds is 6. The fourth-order valence-electron chi connectivity index (χ4n) is 2.65. The lowest BCUT2D eigenvalue weighted by Crippen LogP contribution is -2.30. The van der Waals surface area contributed by atoms with Gasteiger partial charge in [0.1, 0.15) is 11.6 Å². The van der Waals surface area contributed by atoms with Gasteiger partial charge in [-0.05, 0) is 43.2 Å². The molecule has 1 atom stereocenters. The Balaban J connectivity index is 1.50. The summed E-state index contributed by atoms with van der Waals surface area (Å²) in [7, 11) is 0. The van der Waals surface area contributed by atoms with E-state index in [0.717, 1.165) is 41.8 Å². The highest BCUT2D eigenvalue weighted by molar-refractivity contribution is 5.74. The van der Waals surface area contributed by atoms with E-state index in [2.05, 4.69) is 22.2 Å². The zero-order valence-electron chi connectivity index (χ0n) is 12.6. The molecular formula is C18H20FN3. The number of aromatic amines is 1. The number of H-pyrrole nitrogens is 1. The van der Waals surface area contributed by atoms with Gasteiger partial charge in [0.2, 0.25) is 0 Å². The first kappa shape index (κ1) is 14.7. The molecule has 4 heteroatoms. The second kappa shape index (κ2) is 6.71. The van der Waals surface area contributed by atoms with Crippen LogP contribution in [0.2, 0.25) is 0 Å². The number of hydrogen-bond donors (Lipinski definition) is 2. The van der Waals surface area contributed by atoms with Gasteiger partial charge in [-0.2, -0.15) is 0 Å². The summed E-state index contributed by atoms with van der Waals surface area (Å²) < 4.78 is 13.2. The van der Waals surface area contributed by atoms with Crippen molar-refractivity contribution >= 4 is 11.0 Å². The molecule has 0 aliphatic rings. The van der Waals surface area contributed by atoms with Crippen LogP contribution in [0.1, 0.15) is 18.3 Å². The Bertz CT molecular complexity index is 718. The van der Waals surface area contributed by atoms with Gasteiger partial charge in [-0.1, -0.05) is 24.3 Å². The van der Waals surface area contributed by atoms with Crippen LogP contribution >= 0.6 is 0 Å². The molecule has 2 N–H and O–H groups in total. The smallest absolute Gasteiger partial charge is 0.123 e. The van der Waals surface area contributed by atoms with E-state index in [1.54, 1.807) is 12.1 Å². The van der Waals surface area contributed by atoms with Crippen LogP contribution < -0.4 is 5.32 Å². The minimum Gasteiger partial charge on any atom is -0.342 e. The Morgan fingerprint density at radius 3 is 2.86 bits per heavy atom. The molecule has 0 aliphatic carbocycles. The van der Waals surface area contributed by atoms with E-state index in [1.165, 1.54) is 6.07 Å². The van der Waals surface area contributed by atoms with Crippen molar-refractivity contribution in [3.63, 3.8) is 0 Å². The van der Waals surface area contributed by atoms with Crippen molar-refractivity contribution in [2.45, 2.75) is 25.8 Å². The van der Waals surface area contributed by atoms with Crippen LogP contribution in [0.5, 0.6) is 0 Å². The molecule has 0 fully saturated rings. The molecule has 0 bridgehead atoms. The summed E-state index contributed by atoms with van der Waals surface area (Å²) in [5, 5.41) is 3.46. The van der Waals surface area contributed by atoms with E-state index in [1.807, 2.05) is 30.3 Å².